The first kappa shape index (κ1) is 14.1. The first-order valence-corrected chi connectivity index (χ1v) is 6.97. The molecule has 2 fully saturated rings. The van der Waals surface area contributed by atoms with Crippen LogP contribution in [0.25, 0.3) is 0 Å². The van der Waals surface area contributed by atoms with E-state index in [1.54, 1.807) is 0 Å². The fourth-order valence-corrected chi connectivity index (χ4v) is 4.31. The van der Waals surface area contributed by atoms with Crippen LogP contribution in [-0.4, -0.2) is 39.4 Å². The second-order valence-corrected chi connectivity index (χ2v) is 6.89. The van der Waals surface area contributed by atoms with Gasteiger partial charge in [0, 0.05) is 19.0 Å². The lowest BCUT2D eigenvalue weighted by atomic mass is 9.73. The van der Waals surface area contributed by atoms with Gasteiger partial charge in [0.25, 0.3) is 0 Å². The average Bonchev–Trinajstić information content (AvgIpc) is 2.55. The fraction of sp³-hybridized carbons (Fsp3) is 1.00. The van der Waals surface area contributed by atoms with Gasteiger partial charge in [-0.2, -0.15) is 0 Å². The molecule has 1 atom stereocenters. The van der Waals surface area contributed by atoms with Crippen molar-refractivity contribution in [2.24, 2.45) is 11.3 Å². The molecule has 2 aliphatic rings. The van der Waals surface area contributed by atoms with Gasteiger partial charge in [0.2, 0.25) is 6.43 Å². The molecule has 0 radical (unpaired) electrons. The number of nitrogens with one attached hydrogen (secondary N) is 1. The van der Waals surface area contributed by atoms with Crippen LogP contribution in [0.3, 0.4) is 0 Å². The summed E-state index contributed by atoms with van der Waals surface area (Å²) in [4.78, 5) is 0. The van der Waals surface area contributed by atoms with Crippen LogP contribution in [0.1, 0.15) is 12.8 Å². The van der Waals surface area contributed by atoms with Gasteiger partial charge in [0.15, 0.2) is 0 Å². The highest BCUT2D eigenvalue weighted by atomic mass is 35.5. The summed E-state index contributed by atoms with van der Waals surface area (Å²) in [5.41, 5.74) is -0.473. The summed E-state index contributed by atoms with van der Waals surface area (Å²) < 4.78 is 48.1. The molecule has 7 heteroatoms. The summed E-state index contributed by atoms with van der Waals surface area (Å²) >= 11 is 0. The van der Waals surface area contributed by atoms with E-state index in [1.165, 1.54) is 0 Å². The molecule has 2 aliphatic heterocycles. The molecule has 96 valence electrons. The van der Waals surface area contributed by atoms with Gasteiger partial charge in [-0.05, 0) is 18.3 Å². The molecule has 3 nitrogen and oxygen atoms in total. The van der Waals surface area contributed by atoms with E-state index in [1.807, 2.05) is 0 Å². The Labute approximate surface area is 100 Å². The van der Waals surface area contributed by atoms with Crippen LogP contribution in [0.4, 0.5) is 8.78 Å². The number of rotatable bonds is 1. The third-order valence-electron chi connectivity index (χ3n) is 3.75. The highest BCUT2D eigenvalue weighted by Gasteiger charge is 2.49. The van der Waals surface area contributed by atoms with Crippen LogP contribution in [0, 0.1) is 11.3 Å². The smallest absolute Gasteiger partial charge is 0.243 e. The van der Waals surface area contributed by atoms with Crippen molar-refractivity contribution in [3.05, 3.63) is 0 Å². The van der Waals surface area contributed by atoms with Gasteiger partial charge in [-0.15, -0.1) is 12.4 Å². The lowest BCUT2D eigenvalue weighted by Crippen LogP contribution is -2.41. The molecule has 1 spiro atoms. The first-order valence-electron chi connectivity index (χ1n) is 5.15. The van der Waals surface area contributed by atoms with E-state index in [0.717, 1.165) is 0 Å². The van der Waals surface area contributed by atoms with Gasteiger partial charge in [0.05, 0.1) is 11.5 Å². The second-order valence-electron chi connectivity index (χ2n) is 4.59. The zero-order chi connectivity index (χ0) is 11.1. The average molecular weight is 276 g/mol. The van der Waals surface area contributed by atoms with Gasteiger partial charge in [-0.25, -0.2) is 17.2 Å². The minimum absolute atomic E-state index is 0. The van der Waals surface area contributed by atoms with Gasteiger partial charge >= 0.3 is 0 Å². The van der Waals surface area contributed by atoms with E-state index < -0.39 is 27.6 Å². The zero-order valence-electron chi connectivity index (χ0n) is 8.79. The maximum atomic E-state index is 12.8. The molecular weight excluding hydrogens is 260 g/mol. The Kier molecular flexibility index (Phi) is 4.18. The molecule has 16 heavy (non-hydrogen) atoms. The van der Waals surface area contributed by atoms with Crippen molar-refractivity contribution in [3.8, 4) is 0 Å². The highest BCUT2D eigenvalue weighted by molar-refractivity contribution is 7.91. The number of hydrogen-bond donors (Lipinski definition) is 1. The van der Waals surface area contributed by atoms with E-state index in [4.69, 9.17) is 0 Å². The standard InChI is InChI=1S/C9H15F2NO2S.ClH/c10-8(11)7-5-12-6-9(7)1-3-15(13,14)4-2-9;/h7-8,12H,1-6H2;1H. The Morgan fingerprint density at radius 3 is 2.31 bits per heavy atom. The summed E-state index contributed by atoms with van der Waals surface area (Å²) in [6.45, 7) is 0.856. The molecule has 0 aromatic carbocycles. The number of sulfone groups is 1. The monoisotopic (exact) mass is 275 g/mol. The highest BCUT2D eigenvalue weighted by Crippen LogP contribution is 2.44. The summed E-state index contributed by atoms with van der Waals surface area (Å²) in [6, 6.07) is 0. The quantitative estimate of drug-likeness (QED) is 0.779. The van der Waals surface area contributed by atoms with Gasteiger partial charge in [0.1, 0.15) is 9.84 Å². The SMILES string of the molecule is Cl.O=S1(=O)CCC2(CC1)CNCC2C(F)F. The Morgan fingerprint density at radius 2 is 1.81 bits per heavy atom. The molecule has 0 aromatic heterocycles. The molecule has 2 rings (SSSR count). The largest absolute Gasteiger partial charge is 0.316 e. The zero-order valence-corrected chi connectivity index (χ0v) is 10.4. The molecule has 0 saturated carbocycles. The molecule has 0 amide bonds. The molecule has 0 aliphatic carbocycles. The molecule has 2 heterocycles. The van der Waals surface area contributed by atoms with Crippen molar-refractivity contribution in [1.82, 2.24) is 5.32 Å². The molecule has 0 bridgehead atoms. The van der Waals surface area contributed by atoms with Crippen molar-refractivity contribution in [2.45, 2.75) is 19.3 Å². The summed E-state index contributed by atoms with van der Waals surface area (Å²) in [5.74, 6) is -0.538. The van der Waals surface area contributed by atoms with E-state index in [0.29, 0.717) is 25.9 Å². The van der Waals surface area contributed by atoms with Crippen LogP contribution < -0.4 is 5.32 Å². The Hall–Kier alpha value is 0.0600. The van der Waals surface area contributed by atoms with Gasteiger partial charge < -0.3 is 5.32 Å². The maximum absolute atomic E-state index is 12.8. The maximum Gasteiger partial charge on any atom is 0.243 e. The van der Waals surface area contributed by atoms with E-state index in [9.17, 15) is 17.2 Å². The van der Waals surface area contributed by atoms with Crippen molar-refractivity contribution in [2.75, 3.05) is 24.6 Å². The molecule has 1 unspecified atom stereocenters. The van der Waals surface area contributed by atoms with Crippen molar-refractivity contribution in [1.29, 1.82) is 0 Å². The van der Waals surface area contributed by atoms with E-state index >= 15 is 0 Å². The van der Waals surface area contributed by atoms with Gasteiger partial charge in [-0.1, -0.05) is 0 Å². The molecule has 0 aromatic rings. The Balaban J connectivity index is 0.00000128. The Morgan fingerprint density at radius 1 is 1.25 bits per heavy atom. The van der Waals surface area contributed by atoms with E-state index in [2.05, 4.69) is 5.32 Å². The van der Waals surface area contributed by atoms with Crippen LogP contribution in [0.15, 0.2) is 0 Å². The topological polar surface area (TPSA) is 46.2 Å². The number of halogens is 3. The third-order valence-corrected chi connectivity index (χ3v) is 5.41. The first-order chi connectivity index (χ1) is 6.95. The lowest BCUT2D eigenvalue weighted by Gasteiger charge is -2.37. The second kappa shape index (κ2) is 4.74. The van der Waals surface area contributed by atoms with Crippen molar-refractivity contribution in [3.63, 3.8) is 0 Å². The normalized spacial score (nSPS) is 31.6. The summed E-state index contributed by atoms with van der Waals surface area (Å²) in [6.07, 6.45) is -1.57. The van der Waals surface area contributed by atoms with Crippen molar-refractivity contribution < 1.29 is 17.2 Å². The minimum Gasteiger partial charge on any atom is -0.316 e. The van der Waals surface area contributed by atoms with E-state index in [-0.39, 0.29) is 23.9 Å². The van der Waals surface area contributed by atoms with Crippen LogP contribution >= 0.6 is 12.4 Å². The molecule has 1 N–H and O–H groups in total. The predicted octanol–water partition coefficient (Wildman–Crippen LogP) is 1.09. The lowest BCUT2D eigenvalue weighted by molar-refractivity contribution is 0.0171. The fourth-order valence-electron chi connectivity index (χ4n) is 2.67. The van der Waals surface area contributed by atoms with Gasteiger partial charge in [-0.3, -0.25) is 0 Å². The van der Waals surface area contributed by atoms with Crippen LogP contribution in [0.5, 0.6) is 0 Å². The minimum atomic E-state index is -2.97. The molecular formula is C9H16ClF2NO2S. The predicted molar refractivity (Wildman–Crippen MR) is 59.9 cm³/mol. The number of alkyl halides is 2. The number of hydrogen-bond acceptors (Lipinski definition) is 3. The van der Waals surface area contributed by atoms with Crippen LogP contribution in [0.2, 0.25) is 0 Å². The summed E-state index contributed by atoms with van der Waals surface area (Å²) in [7, 11) is -2.97. The molecule has 2 saturated heterocycles. The summed E-state index contributed by atoms with van der Waals surface area (Å²) in [5, 5.41) is 2.97. The third kappa shape index (κ3) is 2.49. The van der Waals surface area contributed by atoms with Crippen LogP contribution in [-0.2, 0) is 9.84 Å². The van der Waals surface area contributed by atoms with Crippen molar-refractivity contribution >= 4 is 22.2 Å². The Bertz CT molecular complexity index is 333.